The minimum absolute atomic E-state index is 0.418. The van der Waals surface area contributed by atoms with Crippen LogP contribution < -0.4 is 5.73 Å². The van der Waals surface area contributed by atoms with Gasteiger partial charge in [-0.05, 0) is 25.1 Å². The van der Waals surface area contributed by atoms with Gasteiger partial charge in [-0.15, -0.1) is 0 Å². The molecule has 0 bridgehead atoms. The Morgan fingerprint density at radius 1 is 1.11 bits per heavy atom. The fraction of sp³-hybridized carbons (Fsp3) is 0.250. The molecule has 0 aliphatic heterocycles. The van der Waals surface area contributed by atoms with Crippen LogP contribution in [0, 0.1) is 6.92 Å². The van der Waals surface area contributed by atoms with Crippen LogP contribution in [0.25, 0.3) is 0 Å². The predicted octanol–water partition coefficient (Wildman–Crippen LogP) is 2.34. The lowest BCUT2D eigenvalue weighted by molar-refractivity contribution is -0.137. The molecule has 0 fully saturated rings. The first-order valence-corrected chi connectivity index (χ1v) is 5.39. The number of hydrogen-bond donors (Lipinski definition) is 1. The van der Waals surface area contributed by atoms with Crippen LogP contribution >= 0.6 is 0 Å². The lowest BCUT2D eigenvalue weighted by Gasteiger charge is -2.04. The molecule has 0 saturated carbocycles. The van der Waals surface area contributed by atoms with Crippen LogP contribution in [0.5, 0.6) is 0 Å². The third-order valence-corrected chi connectivity index (χ3v) is 2.04. The van der Waals surface area contributed by atoms with Crippen molar-refractivity contribution in [3.63, 3.8) is 0 Å². The van der Waals surface area contributed by atoms with Crippen LogP contribution in [-0.4, -0.2) is 15.0 Å². The molecular formula is C12H13F3N4. The summed E-state index contributed by atoms with van der Waals surface area (Å²) in [6.45, 7) is 2.06. The lowest BCUT2D eigenvalue weighted by atomic mass is 10.2. The third kappa shape index (κ3) is 5.43. The van der Waals surface area contributed by atoms with Gasteiger partial charge in [-0.3, -0.25) is 4.98 Å². The van der Waals surface area contributed by atoms with Crippen LogP contribution in [0.2, 0.25) is 0 Å². The van der Waals surface area contributed by atoms with Crippen molar-refractivity contribution in [1.29, 1.82) is 0 Å². The number of nitrogens with two attached hydrogens (primary N) is 1. The van der Waals surface area contributed by atoms with Gasteiger partial charge in [-0.25, -0.2) is 9.97 Å². The van der Waals surface area contributed by atoms with Gasteiger partial charge in [-0.2, -0.15) is 13.2 Å². The van der Waals surface area contributed by atoms with Crippen molar-refractivity contribution in [2.75, 3.05) is 0 Å². The molecule has 7 heteroatoms. The second kappa shape index (κ2) is 6.79. The summed E-state index contributed by atoms with van der Waals surface area (Å²) in [6.07, 6.45) is -0.0968. The Bertz CT molecular complexity index is 483. The number of aromatic nitrogens is 3. The fourth-order valence-electron chi connectivity index (χ4n) is 1.07. The van der Waals surface area contributed by atoms with Crippen molar-refractivity contribution >= 4 is 0 Å². The predicted molar refractivity (Wildman–Crippen MR) is 63.9 cm³/mol. The normalized spacial score (nSPS) is 10.6. The van der Waals surface area contributed by atoms with Gasteiger partial charge < -0.3 is 5.73 Å². The van der Waals surface area contributed by atoms with Gasteiger partial charge in [0, 0.05) is 24.3 Å². The van der Waals surface area contributed by atoms with Gasteiger partial charge in [0.05, 0.1) is 12.1 Å². The Morgan fingerprint density at radius 3 is 2.11 bits per heavy atom. The maximum atomic E-state index is 11.9. The number of alkyl halides is 3. The Hall–Kier alpha value is -2.02. The minimum atomic E-state index is -4.28. The van der Waals surface area contributed by atoms with E-state index in [1.165, 1.54) is 6.07 Å². The summed E-state index contributed by atoms with van der Waals surface area (Å²) in [5.41, 5.74) is 5.10. The zero-order chi connectivity index (χ0) is 14.3. The van der Waals surface area contributed by atoms with Crippen molar-refractivity contribution in [2.24, 2.45) is 5.73 Å². The highest BCUT2D eigenvalue weighted by molar-refractivity contribution is 5.15. The van der Waals surface area contributed by atoms with E-state index in [0.717, 1.165) is 12.3 Å². The van der Waals surface area contributed by atoms with Crippen molar-refractivity contribution in [3.8, 4) is 0 Å². The van der Waals surface area contributed by atoms with Gasteiger partial charge in [0.25, 0.3) is 0 Å². The quantitative estimate of drug-likeness (QED) is 0.863. The van der Waals surface area contributed by atoms with E-state index in [0.29, 0.717) is 18.1 Å². The zero-order valence-corrected chi connectivity index (χ0v) is 10.2. The highest BCUT2D eigenvalue weighted by atomic mass is 19.4. The molecule has 2 aromatic heterocycles. The molecule has 0 unspecified atom stereocenters. The first-order chi connectivity index (χ1) is 8.93. The van der Waals surface area contributed by atoms with E-state index < -0.39 is 11.7 Å². The molecule has 0 aromatic carbocycles. The lowest BCUT2D eigenvalue weighted by Crippen LogP contribution is -2.05. The summed E-state index contributed by atoms with van der Waals surface area (Å²) in [4.78, 5) is 11.2. The van der Waals surface area contributed by atoms with E-state index in [4.69, 9.17) is 5.73 Å². The molecule has 2 rings (SSSR count). The number of nitrogens with zero attached hydrogens (tertiary/aromatic N) is 3. The summed E-state index contributed by atoms with van der Waals surface area (Å²) in [5, 5.41) is 0. The molecule has 2 aromatic rings. The van der Waals surface area contributed by atoms with E-state index in [1.54, 1.807) is 25.4 Å². The Balaban J connectivity index is 0.000000200. The van der Waals surface area contributed by atoms with E-state index >= 15 is 0 Å². The van der Waals surface area contributed by atoms with Crippen LogP contribution in [0.3, 0.4) is 0 Å². The molecule has 102 valence electrons. The van der Waals surface area contributed by atoms with Crippen LogP contribution in [0.1, 0.15) is 17.1 Å². The summed E-state index contributed by atoms with van der Waals surface area (Å²) < 4.78 is 35.6. The number of aryl methyl sites for hydroxylation is 1. The number of halogens is 3. The van der Waals surface area contributed by atoms with E-state index in [9.17, 15) is 13.2 Å². The molecule has 0 aliphatic carbocycles. The van der Waals surface area contributed by atoms with Gasteiger partial charge in [0.15, 0.2) is 0 Å². The molecule has 2 heterocycles. The topological polar surface area (TPSA) is 64.7 Å². The number of pyridine rings is 1. The fourth-order valence-corrected chi connectivity index (χ4v) is 1.07. The van der Waals surface area contributed by atoms with Gasteiger partial charge in [-0.1, -0.05) is 0 Å². The second-order valence-corrected chi connectivity index (χ2v) is 3.56. The highest BCUT2D eigenvalue weighted by Gasteiger charge is 2.30. The Morgan fingerprint density at radius 2 is 1.74 bits per heavy atom. The summed E-state index contributed by atoms with van der Waals surface area (Å²) in [5.74, 6) is 0.688. The van der Waals surface area contributed by atoms with Gasteiger partial charge >= 0.3 is 6.18 Å². The van der Waals surface area contributed by atoms with Crippen molar-refractivity contribution in [1.82, 2.24) is 15.0 Å². The van der Waals surface area contributed by atoms with Gasteiger partial charge in [0.2, 0.25) is 0 Å². The summed E-state index contributed by atoms with van der Waals surface area (Å²) >= 11 is 0. The monoisotopic (exact) mass is 270 g/mol. The first-order valence-electron chi connectivity index (χ1n) is 5.39. The molecule has 0 spiro atoms. The second-order valence-electron chi connectivity index (χ2n) is 3.56. The number of hydrogen-bond acceptors (Lipinski definition) is 4. The largest absolute Gasteiger partial charge is 0.417 e. The van der Waals surface area contributed by atoms with E-state index in [-0.39, 0.29) is 0 Å². The number of rotatable bonds is 1. The standard InChI is InChI=1S/C7H6F3N.C5H7N3/c1-5-2-3-6(4-11-5)7(8,9)10;6-4-5-7-2-1-3-8-5/h2-4H,1H3;1-3H,4,6H2. The molecule has 19 heavy (non-hydrogen) atoms. The summed E-state index contributed by atoms with van der Waals surface area (Å²) in [7, 11) is 0. The SMILES string of the molecule is Cc1ccc(C(F)(F)F)cn1.NCc1ncccn1. The van der Waals surface area contributed by atoms with Crippen molar-refractivity contribution in [3.05, 3.63) is 53.9 Å². The molecule has 0 amide bonds. The molecule has 0 radical (unpaired) electrons. The molecule has 0 saturated heterocycles. The molecule has 2 N–H and O–H groups in total. The Kier molecular flexibility index (Phi) is 5.37. The third-order valence-electron chi connectivity index (χ3n) is 2.04. The zero-order valence-electron chi connectivity index (χ0n) is 10.2. The average molecular weight is 270 g/mol. The Labute approximate surface area is 108 Å². The average Bonchev–Trinajstić information content (AvgIpc) is 2.40. The van der Waals surface area contributed by atoms with Crippen LogP contribution in [-0.2, 0) is 12.7 Å². The highest BCUT2D eigenvalue weighted by Crippen LogP contribution is 2.28. The van der Waals surface area contributed by atoms with Crippen molar-refractivity contribution in [2.45, 2.75) is 19.6 Å². The maximum Gasteiger partial charge on any atom is 0.417 e. The van der Waals surface area contributed by atoms with Crippen LogP contribution in [0.4, 0.5) is 13.2 Å². The molecule has 0 aliphatic rings. The van der Waals surface area contributed by atoms with Crippen molar-refractivity contribution < 1.29 is 13.2 Å². The molecular weight excluding hydrogens is 257 g/mol. The van der Waals surface area contributed by atoms with E-state index in [2.05, 4.69) is 15.0 Å². The van der Waals surface area contributed by atoms with Crippen LogP contribution in [0.15, 0.2) is 36.8 Å². The minimum Gasteiger partial charge on any atom is -0.324 e. The summed E-state index contributed by atoms with van der Waals surface area (Å²) in [6, 6.07) is 4.12. The smallest absolute Gasteiger partial charge is 0.324 e. The molecule has 0 atom stereocenters. The van der Waals surface area contributed by atoms with Gasteiger partial charge in [0.1, 0.15) is 5.82 Å². The van der Waals surface area contributed by atoms with E-state index in [1.807, 2.05) is 0 Å². The first kappa shape index (κ1) is 15.0. The maximum absolute atomic E-state index is 11.9. The molecule has 4 nitrogen and oxygen atoms in total.